The van der Waals surface area contributed by atoms with Gasteiger partial charge in [0.25, 0.3) is 0 Å². The van der Waals surface area contributed by atoms with Crippen molar-refractivity contribution in [3.8, 4) is 0 Å². The molecule has 3 saturated carbocycles. The van der Waals surface area contributed by atoms with Crippen molar-refractivity contribution in [3.05, 3.63) is 18.3 Å². The molecule has 2 bridgehead atoms. The molecular formula is C14H19N3O2S. The Hall–Kier alpha value is -1.14. The van der Waals surface area contributed by atoms with E-state index in [2.05, 4.69) is 15.0 Å². The second-order valence-corrected chi connectivity index (χ2v) is 7.98. The van der Waals surface area contributed by atoms with Crippen LogP contribution in [0.3, 0.4) is 0 Å². The zero-order valence-corrected chi connectivity index (χ0v) is 12.2. The van der Waals surface area contributed by atoms with Crippen molar-refractivity contribution >= 4 is 15.8 Å². The molecular weight excluding hydrogens is 274 g/mol. The maximum atomic E-state index is 12.4. The largest absolute Gasteiger partial charge is 0.373 e. The molecule has 0 radical (unpaired) electrons. The zero-order valence-electron chi connectivity index (χ0n) is 11.4. The van der Waals surface area contributed by atoms with Gasteiger partial charge in [-0.05, 0) is 49.0 Å². The van der Waals surface area contributed by atoms with Crippen LogP contribution in [0.2, 0.25) is 0 Å². The van der Waals surface area contributed by atoms with E-state index >= 15 is 0 Å². The van der Waals surface area contributed by atoms with Crippen LogP contribution in [0.5, 0.6) is 0 Å². The van der Waals surface area contributed by atoms with Gasteiger partial charge in [0.05, 0.1) is 4.90 Å². The quantitative estimate of drug-likeness (QED) is 0.881. The zero-order chi connectivity index (χ0) is 13.9. The SMILES string of the molecule is CNc1cc(S(=O)(=O)NC2C3C4CCC(C4)C23)ccn1. The Labute approximate surface area is 119 Å². The molecule has 3 fully saturated rings. The minimum atomic E-state index is -3.42. The van der Waals surface area contributed by atoms with Crippen molar-refractivity contribution in [1.82, 2.24) is 9.71 Å². The minimum absolute atomic E-state index is 0.178. The van der Waals surface area contributed by atoms with Gasteiger partial charge in [0.15, 0.2) is 0 Å². The van der Waals surface area contributed by atoms with Crippen LogP contribution in [-0.2, 0) is 10.0 Å². The first-order valence-electron chi connectivity index (χ1n) is 7.26. The summed E-state index contributed by atoms with van der Waals surface area (Å²) in [7, 11) is -1.69. The Balaban J connectivity index is 1.53. The summed E-state index contributed by atoms with van der Waals surface area (Å²) in [5, 5.41) is 2.87. The third-order valence-corrected chi connectivity index (χ3v) is 6.78. The number of sulfonamides is 1. The highest BCUT2D eigenvalue weighted by molar-refractivity contribution is 7.89. The Kier molecular flexibility index (Phi) is 2.63. The molecule has 4 atom stereocenters. The molecule has 2 N–H and O–H groups in total. The average Bonchev–Trinajstić information content (AvgIpc) is 2.86. The van der Waals surface area contributed by atoms with Crippen molar-refractivity contribution < 1.29 is 8.42 Å². The molecule has 4 rings (SSSR count). The van der Waals surface area contributed by atoms with Gasteiger partial charge in [-0.1, -0.05) is 0 Å². The standard InChI is InChI=1S/C14H19N3O2S/c1-15-11-7-10(4-5-16-11)20(18,19)17-14-12-8-2-3-9(6-8)13(12)14/h4-5,7-9,12-14,17H,2-3,6H2,1H3,(H,15,16). The van der Waals surface area contributed by atoms with Crippen molar-refractivity contribution in [2.75, 3.05) is 12.4 Å². The van der Waals surface area contributed by atoms with E-state index in [9.17, 15) is 8.42 Å². The Morgan fingerprint density at radius 3 is 2.60 bits per heavy atom. The van der Waals surface area contributed by atoms with Gasteiger partial charge in [0, 0.05) is 25.4 Å². The molecule has 0 saturated heterocycles. The van der Waals surface area contributed by atoms with Crippen LogP contribution in [0, 0.1) is 23.7 Å². The molecule has 0 aliphatic heterocycles. The molecule has 3 aliphatic rings. The highest BCUT2D eigenvalue weighted by atomic mass is 32.2. The lowest BCUT2D eigenvalue weighted by atomic mass is 10.0. The molecule has 108 valence electrons. The molecule has 0 amide bonds. The molecule has 1 aromatic heterocycles. The second kappa shape index (κ2) is 4.18. The summed E-state index contributed by atoms with van der Waals surface area (Å²) in [5.41, 5.74) is 0. The van der Waals surface area contributed by atoms with E-state index in [0.717, 1.165) is 11.8 Å². The number of aromatic nitrogens is 1. The average molecular weight is 293 g/mol. The number of pyridine rings is 1. The van der Waals surface area contributed by atoms with Gasteiger partial charge in [-0.15, -0.1) is 0 Å². The van der Waals surface area contributed by atoms with E-state index in [1.807, 2.05) is 0 Å². The molecule has 1 aromatic rings. The van der Waals surface area contributed by atoms with Crippen LogP contribution in [0.15, 0.2) is 23.2 Å². The van der Waals surface area contributed by atoms with Gasteiger partial charge in [0.2, 0.25) is 10.0 Å². The smallest absolute Gasteiger partial charge is 0.241 e. The fraction of sp³-hybridized carbons (Fsp3) is 0.643. The number of nitrogens with zero attached hydrogens (tertiary/aromatic N) is 1. The first kappa shape index (κ1) is 12.6. The summed E-state index contributed by atoms with van der Waals surface area (Å²) >= 11 is 0. The highest BCUT2D eigenvalue weighted by Gasteiger charge is 2.65. The van der Waals surface area contributed by atoms with Crippen LogP contribution in [0.25, 0.3) is 0 Å². The summed E-state index contributed by atoms with van der Waals surface area (Å²) in [4.78, 5) is 4.35. The lowest BCUT2D eigenvalue weighted by Gasteiger charge is -2.11. The summed E-state index contributed by atoms with van der Waals surface area (Å²) in [6, 6.07) is 3.31. The van der Waals surface area contributed by atoms with Gasteiger partial charge in [-0.2, -0.15) is 0 Å². The van der Waals surface area contributed by atoms with Crippen LogP contribution < -0.4 is 10.0 Å². The Morgan fingerprint density at radius 1 is 1.25 bits per heavy atom. The minimum Gasteiger partial charge on any atom is -0.373 e. The van der Waals surface area contributed by atoms with E-state index in [1.54, 1.807) is 19.2 Å². The Morgan fingerprint density at radius 2 is 1.95 bits per heavy atom. The number of nitrogens with one attached hydrogen (secondary N) is 2. The maximum Gasteiger partial charge on any atom is 0.241 e. The van der Waals surface area contributed by atoms with Gasteiger partial charge < -0.3 is 5.32 Å². The van der Waals surface area contributed by atoms with E-state index in [1.165, 1.54) is 25.5 Å². The van der Waals surface area contributed by atoms with Crippen molar-refractivity contribution in [2.24, 2.45) is 23.7 Å². The van der Waals surface area contributed by atoms with E-state index < -0.39 is 10.0 Å². The van der Waals surface area contributed by atoms with Gasteiger partial charge in [-0.3, -0.25) is 0 Å². The third-order valence-electron chi connectivity index (χ3n) is 5.32. The number of anilines is 1. The number of rotatable bonds is 4. The van der Waals surface area contributed by atoms with Crippen LogP contribution in [0.1, 0.15) is 19.3 Å². The first-order valence-corrected chi connectivity index (χ1v) is 8.74. The molecule has 20 heavy (non-hydrogen) atoms. The van der Waals surface area contributed by atoms with E-state index in [-0.39, 0.29) is 6.04 Å². The third kappa shape index (κ3) is 1.78. The van der Waals surface area contributed by atoms with Crippen molar-refractivity contribution in [1.29, 1.82) is 0 Å². The summed E-state index contributed by atoms with van der Waals surface area (Å²) in [6.45, 7) is 0. The Bertz CT molecular complexity index is 630. The lowest BCUT2D eigenvalue weighted by molar-refractivity contribution is 0.456. The summed E-state index contributed by atoms with van der Waals surface area (Å²) < 4.78 is 27.8. The normalized spacial score (nSPS) is 37.8. The number of hydrogen-bond donors (Lipinski definition) is 2. The highest BCUT2D eigenvalue weighted by Crippen LogP contribution is 2.65. The maximum absolute atomic E-state index is 12.4. The molecule has 0 spiro atoms. The number of fused-ring (bicyclic) bond motifs is 5. The van der Waals surface area contributed by atoms with Gasteiger partial charge in [0.1, 0.15) is 5.82 Å². The molecule has 3 aliphatic carbocycles. The fourth-order valence-corrected chi connectivity index (χ4v) is 5.76. The molecule has 6 heteroatoms. The van der Waals surface area contributed by atoms with Crippen molar-refractivity contribution in [2.45, 2.75) is 30.2 Å². The molecule has 4 unspecified atom stereocenters. The number of hydrogen-bond acceptors (Lipinski definition) is 4. The molecule has 1 heterocycles. The predicted octanol–water partition coefficient (Wildman–Crippen LogP) is 1.45. The van der Waals surface area contributed by atoms with Crippen LogP contribution in [0.4, 0.5) is 5.82 Å². The topological polar surface area (TPSA) is 71.1 Å². The van der Waals surface area contributed by atoms with E-state index in [4.69, 9.17) is 0 Å². The van der Waals surface area contributed by atoms with Gasteiger partial charge >= 0.3 is 0 Å². The van der Waals surface area contributed by atoms with Gasteiger partial charge in [-0.25, -0.2) is 18.1 Å². The first-order chi connectivity index (χ1) is 9.60. The molecule has 5 nitrogen and oxygen atoms in total. The monoisotopic (exact) mass is 293 g/mol. The van der Waals surface area contributed by atoms with Crippen LogP contribution >= 0.6 is 0 Å². The molecule has 0 aromatic carbocycles. The fourth-order valence-electron chi connectivity index (χ4n) is 4.45. The van der Waals surface area contributed by atoms with Crippen molar-refractivity contribution in [3.63, 3.8) is 0 Å². The predicted molar refractivity (Wildman–Crippen MR) is 75.7 cm³/mol. The lowest BCUT2D eigenvalue weighted by Crippen LogP contribution is -2.30. The summed E-state index contributed by atoms with van der Waals surface area (Å²) in [5.74, 6) is 3.32. The second-order valence-electron chi connectivity index (χ2n) is 6.26. The summed E-state index contributed by atoms with van der Waals surface area (Å²) in [6.07, 6.45) is 5.44. The van der Waals surface area contributed by atoms with Crippen LogP contribution in [-0.4, -0.2) is 26.5 Å². The van der Waals surface area contributed by atoms with E-state index in [0.29, 0.717) is 22.5 Å².